The standard InChI is InChI=1S/2C13H10BNO3.C13H8BrNO.C7H4FN.C6H5BrO.CH4/c2*1-15-11-4-8-13(9-5-11)18-12-6-2-10(3-7-12)14(16)17;1-15-11-4-8-13(9-5-11)16-12-6-2-10(14)3-7-12;1-9-7-4-2-6(8)3-5-7;7-5-1-3-6(8)4-2-5;/h2*2-9,16-17H;2-9H;2-5H;1-4,8H;1H4. The second-order valence-corrected chi connectivity index (χ2v) is 15.4. The summed E-state index contributed by atoms with van der Waals surface area (Å²) in [5, 5.41) is 44.5. The zero-order valence-corrected chi connectivity index (χ0v) is 39.2. The summed E-state index contributed by atoms with van der Waals surface area (Å²) in [7, 11) is -2.95. The van der Waals surface area contributed by atoms with E-state index >= 15 is 0 Å². The third kappa shape index (κ3) is 20.7. The molecule has 0 aliphatic heterocycles. The molecule has 0 bridgehead atoms. The minimum Gasteiger partial charge on any atom is -0.508 e. The molecule has 0 aliphatic rings. The van der Waals surface area contributed by atoms with Crippen molar-refractivity contribution in [1.29, 1.82) is 0 Å². The molecule has 8 rings (SSSR count). The summed E-state index contributed by atoms with van der Waals surface area (Å²) in [6.07, 6.45) is 0. The van der Waals surface area contributed by atoms with Crippen molar-refractivity contribution in [2.24, 2.45) is 0 Å². The maximum atomic E-state index is 12.1. The third-order valence-electron chi connectivity index (χ3n) is 8.56. The van der Waals surface area contributed by atoms with Gasteiger partial charge >= 0.3 is 14.2 Å². The second kappa shape index (κ2) is 30.2. The highest BCUT2D eigenvalue weighted by atomic mass is 79.9. The molecule has 12 nitrogen and oxygen atoms in total. The molecule has 0 unspecified atom stereocenters. The van der Waals surface area contributed by atoms with Gasteiger partial charge in [0.25, 0.3) is 0 Å². The highest BCUT2D eigenvalue weighted by Crippen LogP contribution is 2.27. The van der Waals surface area contributed by atoms with Crippen LogP contribution >= 0.6 is 31.9 Å². The quantitative estimate of drug-likeness (QED) is 0.0747. The van der Waals surface area contributed by atoms with Gasteiger partial charge in [-0.1, -0.05) is 112 Å². The minimum atomic E-state index is -1.48. The van der Waals surface area contributed by atoms with E-state index in [-0.39, 0.29) is 13.2 Å². The molecule has 17 heteroatoms. The highest BCUT2D eigenvalue weighted by Gasteiger charge is 2.11. The van der Waals surface area contributed by atoms with Gasteiger partial charge in [0.15, 0.2) is 22.7 Å². The normalized spacial score (nSPS) is 9.24. The fraction of sp³-hybridized carbons (Fsp3) is 0.0189. The summed E-state index contributed by atoms with van der Waals surface area (Å²) >= 11 is 6.60. The Morgan fingerprint density at radius 2 is 0.571 bits per heavy atom. The van der Waals surface area contributed by atoms with Gasteiger partial charge in [0.1, 0.15) is 46.1 Å². The molecule has 5 N–H and O–H groups in total. The Kier molecular flexibility index (Phi) is 24.2. The Balaban J connectivity index is 0.000000238. The molecule has 0 atom stereocenters. The lowest BCUT2D eigenvalue weighted by Crippen LogP contribution is -2.29. The van der Waals surface area contributed by atoms with E-state index in [1.807, 2.05) is 24.3 Å². The second-order valence-electron chi connectivity index (χ2n) is 13.5. The van der Waals surface area contributed by atoms with Crippen molar-refractivity contribution < 1.29 is 43.8 Å². The molecule has 0 saturated heterocycles. The van der Waals surface area contributed by atoms with Crippen LogP contribution in [0.3, 0.4) is 0 Å². The van der Waals surface area contributed by atoms with Gasteiger partial charge in [0, 0.05) is 8.95 Å². The Morgan fingerprint density at radius 3 is 0.800 bits per heavy atom. The van der Waals surface area contributed by atoms with Crippen molar-refractivity contribution in [1.82, 2.24) is 0 Å². The zero-order chi connectivity index (χ0) is 50.0. The zero-order valence-electron chi connectivity index (χ0n) is 36.0. The fourth-order valence-corrected chi connectivity index (χ4v) is 5.58. The molecule has 8 aromatic rings. The number of ether oxygens (including phenoxy) is 3. The van der Waals surface area contributed by atoms with Gasteiger partial charge in [-0.3, -0.25) is 0 Å². The van der Waals surface area contributed by atoms with Crippen LogP contribution in [0.25, 0.3) is 19.4 Å². The molecule has 0 radical (unpaired) electrons. The van der Waals surface area contributed by atoms with Gasteiger partial charge < -0.3 is 39.4 Å². The largest absolute Gasteiger partial charge is 0.508 e. The molecule has 0 amide bonds. The summed E-state index contributed by atoms with van der Waals surface area (Å²) in [6.45, 7) is 27.0. The number of aromatic hydroxyl groups is 1. The number of nitrogens with zero attached hydrogens (tertiary/aromatic N) is 4. The number of halogens is 3. The molecular formula is C53H41B2Br2FN4O8. The maximum absolute atomic E-state index is 12.1. The van der Waals surface area contributed by atoms with Crippen molar-refractivity contribution in [3.05, 3.63) is 255 Å². The van der Waals surface area contributed by atoms with Gasteiger partial charge in [-0.25, -0.2) is 23.8 Å². The Hall–Kier alpha value is -8.22. The molecule has 0 aliphatic carbocycles. The summed E-state index contributed by atoms with van der Waals surface area (Å²) in [4.78, 5) is 13.0. The lowest BCUT2D eigenvalue weighted by Gasteiger charge is -2.06. The predicted octanol–water partition coefficient (Wildman–Crippen LogP) is 13.4. The number of benzene rings is 8. The van der Waals surface area contributed by atoms with Crippen LogP contribution in [-0.4, -0.2) is 39.4 Å². The van der Waals surface area contributed by atoms with Crippen LogP contribution in [0.15, 0.2) is 203 Å². The molecule has 70 heavy (non-hydrogen) atoms. The first-order valence-corrected chi connectivity index (χ1v) is 21.6. The van der Waals surface area contributed by atoms with Gasteiger partial charge in [-0.2, -0.15) is 0 Å². The van der Waals surface area contributed by atoms with E-state index in [0.717, 1.165) is 20.4 Å². The predicted molar refractivity (Wildman–Crippen MR) is 280 cm³/mol. The Bertz CT molecular complexity index is 2840. The summed E-state index contributed by atoms with van der Waals surface area (Å²) < 4.78 is 30.8. The van der Waals surface area contributed by atoms with Crippen LogP contribution in [-0.2, 0) is 0 Å². The molecule has 348 valence electrons. The molecule has 0 aromatic heterocycles. The molecular weight excluding hydrogens is 1020 g/mol. The third-order valence-corrected chi connectivity index (χ3v) is 9.61. The first-order chi connectivity index (χ1) is 33.3. The highest BCUT2D eigenvalue weighted by molar-refractivity contribution is 9.10. The van der Waals surface area contributed by atoms with E-state index in [0.29, 0.717) is 62.4 Å². The number of rotatable bonds is 8. The van der Waals surface area contributed by atoms with Crippen LogP contribution in [0.2, 0.25) is 0 Å². The topological polar surface area (TPSA) is 146 Å². The van der Waals surface area contributed by atoms with E-state index in [1.54, 1.807) is 146 Å². The smallest absolute Gasteiger partial charge is 0.488 e. The lowest BCUT2D eigenvalue weighted by molar-refractivity contribution is 0.424. The molecule has 8 aromatic carbocycles. The van der Waals surface area contributed by atoms with Crippen molar-refractivity contribution in [2.75, 3.05) is 0 Å². The summed E-state index contributed by atoms with van der Waals surface area (Å²) in [6, 6.07) is 53.4. The van der Waals surface area contributed by atoms with E-state index in [1.165, 1.54) is 24.3 Å². The maximum Gasteiger partial charge on any atom is 0.488 e. The monoisotopic (exact) mass is 1060 g/mol. The molecule has 0 heterocycles. The molecule has 0 spiro atoms. The first kappa shape index (κ1) is 56.1. The van der Waals surface area contributed by atoms with Gasteiger partial charge in [0.05, 0.1) is 26.3 Å². The average Bonchev–Trinajstić information content (AvgIpc) is 3.37. The summed E-state index contributed by atoms with van der Waals surface area (Å²) in [5.74, 6) is 3.94. The van der Waals surface area contributed by atoms with Crippen LogP contribution in [0.1, 0.15) is 7.43 Å². The minimum absolute atomic E-state index is 0. The first-order valence-electron chi connectivity index (χ1n) is 20.0. The Labute approximate surface area is 423 Å². The van der Waals surface area contributed by atoms with E-state index in [4.69, 9.17) is 65.7 Å². The van der Waals surface area contributed by atoms with Crippen LogP contribution in [0, 0.1) is 32.1 Å². The van der Waals surface area contributed by atoms with Crippen molar-refractivity contribution in [3.63, 3.8) is 0 Å². The Morgan fingerprint density at radius 1 is 0.357 bits per heavy atom. The van der Waals surface area contributed by atoms with Crippen molar-refractivity contribution >= 4 is 79.8 Å². The number of phenols is 1. The molecule has 0 saturated carbocycles. The number of hydrogen-bond donors (Lipinski definition) is 5. The van der Waals surface area contributed by atoms with Crippen LogP contribution in [0.5, 0.6) is 40.2 Å². The van der Waals surface area contributed by atoms with E-state index in [2.05, 4.69) is 51.2 Å². The summed E-state index contributed by atoms with van der Waals surface area (Å²) in [5.41, 5.74) is 3.01. The van der Waals surface area contributed by atoms with Gasteiger partial charge in [0.2, 0.25) is 0 Å². The lowest BCUT2D eigenvalue weighted by atomic mass is 9.80. The van der Waals surface area contributed by atoms with Crippen molar-refractivity contribution in [2.45, 2.75) is 7.43 Å². The SMILES string of the molecule is C.Oc1ccc(Br)cc1.[C-]#[N+]c1ccc(F)cc1.[C-]#[N+]c1ccc(Oc2ccc(B(O)O)cc2)cc1.[C-]#[N+]c1ccc(Oc2ccc(B(O)O)cc2)cc1.[C-]#[N+]c1ccc(Oc2ccc(Br)cc2)cc1. The van der Waals surface area contributed by atoms with Crippen molar-refractivity contribution in [3.8, 4) is 40.2 Å². The van der Waals surface area contributed by atoms with Gasteiger partial charge in [-0.15, -0.1) is 0 Å². The fourth-order valence-electron chi connectivity index (χ4n) is 5.05. The number of hydrogen-bond acceptors (Lipinski definition) is 8. The molecule has 0 fully saturated rings. The van der Waals surface area contributed by atoms with E-state index in [9.17, 15) is 4.39 Å². The number of phenolic OH excluding ortho intramolecular Hbond substituents is 1. The average molecular weight is 1060 g/mol. The van der Waals surface area contributed by atoms with Crippen LogP contribution in [0.4, 0.5) is 27.1 Å². The van der Waals surface area contributed by atoms with E-state index < -0.39 is 14.2 Å². The van der Waals surface area contributed by atoms with Gasteiger partial charge in [-0.05, 0) is 132 Å². The van der Waals surface area contributed by atoms with Crippen LogP contribution < -0.4 is 25.1 Å².